The number of thiazole rings is 1. The van der Waals surface area contributed by atoms with Crippen molar-refractivity contribution in [2.45, 2.75) is 31.3 Å². The average Bonchev–Trinajstić information content (AvgIpc) is 2.93. The van der Waals surface area contributed by atoms with Gasteiger partial charge in [-0.15, -0.1) is 23.1 Å². The summed E-state index contributed by atoms with van der Waals surface area (Å²) < 4.78 is 0. The second kappa shape index (κ2) is 6.47. The predicted molar refractivity (Wildman–Crippen MR) is 92.7 cm³/mol. The first kappa shape index (κ1) is 17.1. The summed E-state index contributed by atoms with van der Waals surface area (Å²) in [5.74, 6) is 0.485. The van der Waals surface area contributed by atoms with Crippen LogP contribution in [0.4, 0.5) is 0 Å². The van der Waals surface area contributed by atoms with Gasteiger partial charge >= 0.3 is 0 Å². The van der Waals surface area contributed by atoms with Crippen molar-refractivity contribution in [2.75, 3.05) is 5.75 Å². The second-order valence-electron chi connectivity index (χ2n) is 5.82. The summed E-state index contributed by atoms with van der Waals surface area (Å²) in [6, 6.07) is 5.53. The molecule has 1 unspecified atom stereocenters. The first-order valence-electron chi connectivity index (χ1n) is 6.44. The van der Waals surface area contributed by atoms with Crippen molar-refractivity contribution in [3.63, 3.8) is 0 Å². The van der Waals surface area contributed by atoms with Gasteiger partial charge in [0.05, 0.1) is 20.4 Å². The molecule has 1 aromatic carbocycles. The summed E-state index contributed by atoms with van der Waals surface area (Å²) in [6.07, 6.45) is 1.73. The van der Waals surface area contributed by atoms with Gasteiger partial charge in [0.15, 0.2) is 0 Å². The molecule has 21 heavy (non-hydrogen) atoms. The highest BCUT2D eigenvalue weighted by Crippen LogP contribution is 2.45. The molecule has 1 atom stereocenters. The van der Waals surface area contributed by atoms with E-state index < -0.39 is 5.60 Å². The van der Waals surface area contributed by atoms with Crippen molar-refractivity contribution in [1.29, 1.82) is 0 Å². The van der Waals surface area contributed by atoms with Gasteiger partial charge in [-0.05, 0) is 17.5 Å². The molecule has 0 bridgehead atoms. The normalized spacial score (nSPS) is 15.0. The molecule has 1 heterocycles. The average molecular weight is 362 g/mol. The van der Waals surface area contributed by atoms with Crippen molar-refractivity contribution < 1.29 is 5.11 Å². The maximum Gasteiger partial charge on any atom is 0.114 e. The number of benzene rings is 1. The Balaban J connectivity index is 2.27. The number of thioether (sulfide) groups is 1. The molecule has 0 saturated carbocycles. The fourth-order valence-corrected chi connectivity index (χ4v) is 4.76. The van der Waals surface area contributed by atoms with Crippen LogP contribution >= 0.6 is 46.3 Å². The minimum atomic E-state index is -0.982. The van der Waals surface area contributed by atoms with Crippen LogP contribution in [0, 0.1) is 5.41 Å². The Morgan fingerprint density at radius 2 is 2.00 bits per heavy atom. The van der Waals surface area contributed by atoms with Gasteiger partial charge in [-0.1, -0.05) is 50.0 Å². The quantitative estimate of drug-likeness (QED) is 0.732. The molecule has 0 radical (unpaired) electrons. The number of rotatable bonds is 4. The summed E-state index contributed by atoms with van der Waals surface area (Å²) in [5.41, 5.74) is 0.436. The number of nitrogens with zero attached hydrogens (tertiary/aromatic N) is 1. The van der Waals surface area contributed by atoms with Crippen LogP contribution in [0.5, 0.6) is 0 Å². The first-order valence-corrected chi connectivity index (χ1v) is 9.06. The van der Waals surface area contributed by atoms with E-state index in [1.54, 1.807) is 17.8 Å². The standard InChI is InChI=1S/C15H17Cl2NOS2/c1-14(2,3)15(19,12-7-18-9-21-12)8-20-11-6-4-5-10(16)13(11)17/h4-7,9,19H,8H2,1-3H3. The Morgan fingerprint density at radius 1 is 1.29 bits per heavy atom. The molecule has 0 saturated heterocycles. The number of aliphatic hydroxyl groups is 1. The minimum Gasteiger partial charge on any atom is -0.383 e. The van der Waals surface area contributed by atoms with Crippen LogP contribution in [0.15, 0.2) is 34.8 Å². The zero-order chi connectivity index (χ0) is 15.7. The Labute approximate surface area is 143 Å². The largest absolute Gasteiger partial charge is 0.383 e. The first-order chi connectivity index (χ1) is 9.75. The summed E-state index contributed by atoms with van der Waals surface area (Å²) in [5, 5.41) is 12.3. The van der Waals surface area contributed by atoms with Gasteiger partial charge in [0, 0.05) is 16.8 Å². The summed E-state index contributed by atoms with van der Waals surface area (Å²) in [4.78, 5) is 5.82. The lowest BCUT2D eigenvalue weighted by Crippen LogP contribution is -2.41. The van der Waals surface area contributed by atoms with Crippen LogP contribution in [-0.4, -0.2) is 15.8 Å². The fourth-order valence-electron chi connectivity index (χ4n) is 1.85. The number of hydrogen-bond donors (Lipinski definition) is 1. The van der Waals surface area contributed by atoms with Gasteiger partial charge in [0.1, 0.15) is 5.60 Å². The van der Waals surface area contributed by atoms with Crippen LogP contribution in [0.3, 0.4) is 0 Å². The number of aromatic nitrogens is 1. The molecular formula is C15H17Cl2NOS2. The summed E-state index contributed by atoms with van der Waals surface area (Å²) >= 11 is 15.2. The van der Waals surface area contributed by atoms with Gasteiger partial charge < -0.3 is 5.11 Å². The van der Waals surface area contributed by atoms with E-state index in [4.69, 9.17) is 23.2 Å². The third kappa shape index (κ3) is 3.57. The monoisotopic (exact) mass is 361 g/mol. The lowest BCUT2D eigenvalue weighted by molar-refractivity contribution is -0.0392. The SMILES string of the molecule is CC(C)(C)C(O)(CSc1cccc(Cl)c1Cl)c1cncs1. The Hall–Kier alpha value is -0.260. The van der Waals surface area contributed by atoms with Crippen molar-refractivity contribution in [3.8, 4) is 0 Å². The van der Waals surface area contributed by atoms with Crippen LogP contribution in [0.1, 0.15) is 25.6 Å². The van der Waals surface area contributed by atoms with Gasteiger partial charge in [0.25, 0.3) is 0 Å². The van der Waals surface area contributed by atoms with Crippen molar-refractivity contribution in [3.05, 3.63) is 44.8 Å². The van der Waals surface area contributed by atoms with E-state index >= 15 is 0 Å². The summed E-state index contributed by atoms with van der Waals surface area (Å²) in [6.45, 7) is 6.06. The third-order valence-electron chi connectivity index (χ3n) is 3.43. The molecule has 0 aliphatic carbocycles. The highest BCUT2D eigenvalue weighted by atomic mass is 35.5. The lowest BCUT2D eigenvalue weighted by atomic mass is 9.77. The zero-order valence-electron chi connectivity index (χ0n) is 12.1. The van der Waals surface area contributed by atoms with Crippen LogP contribution in [-0.2, 0) is 5.60 Å². The Morgan fingerprint density at radius 3 is 2.57 bits per heavy atom. The van der Waals surface area contributed by atoms with Gasteiger partial charge in [-0.2, -0.15) is 0 Å². The molecular weight excluding hydrogens is 345 g/mol. The topological polar surface area (TPSA) is 33.1 Å². The molecule has 114 valence electrons. The molecule has 2 rings (SSSR count). The highest BCUT2D eigenvalue weighted by molar-refractivity contribution is 7.99. The van der Waals surface area contributed by atoms with E-state index in [0.29, 0.717) is 15.8 Å². The van der Waals surface area contributed by atoms with E-state index in [2.05, 4.69) is 4.98 Å². The Bertz CT molecular complexity index is 611. The van der Waals surface area contributed by atoms with Crippen molar-refractivity contribution in [1.82, 2.24) is 4.98 Å². The van der Waals surface area contributed by atoms with Gasteiger partial charge in [0.2, 0.25) is 0 Å². The van der Waals surface area contributed by atoms with Crippen LogP contribution in [0.25, 0.3) is 0 Å². The molecule has 1 N–H and O–H groups in total. The minimum absolute atomic E-state index is 0.322. The van der Waals surface area contributed by atoms with Crippen molar-refractivity contribution in [2.24, 2.45) is 5.41 Å². The van der Waals surface area contributed by atoms with E-state index in [1.165, 1.54) is 23.1 Å². The van der Waals surface area contributed by atoms with Gasteiger partial charge in [-0.3, -0.25) is 4.98 Å². The molecule has 2 nitrogen and oxygen atoms in total. The Kier molecular flexibility index (Phi) is 5.27. The second-order valence-corrected chi connectivity index (χ2v) is 8.51. The molecule has 1 aromatic heterocycles. The third-order valence-corrected chi connectivity index (χ3v) is 6.50. The molecule has 0 amide bonds. The molecule has 6 heteroatoms. The van der Waals surface area contributed by atoms with Crippen LogP contribution in [0.2, 0.25) is 10.0 Å². The van der Waals surface area contributed by atoms with E-state index in [1.807, 2.05) is 32.9 Å². The maximum atomic E-state index is 11.2. The highest BCUT2D eigenvalue weighted by Gasteiger charge is 2.43. The molecule has 2 aromatic rings. The number of halogens is 2. The van der Waals surface area contributed by atoms with E-state index in [0.717, 1.165) is 9.77 Å². The lowest BCUT2D eigenvalue weighted by Gasteiger charge is -2.39. The van der Waals surface area contributed by atoms with E-state index in [9.17, 15) is 5.11 Å². The van der Waals surface area contributed by atoms with Gasteiger partial charge in [-0.25, -0.2) is 0 Å². The smallest absolute Gasteiger partial charge is 0.114 e. The van der Waals surface area contributed by atoms with Crippen molar-refractivity contribution >= 4 is 46.3 Å². The fraction of sp³-hybridized carbons (Fsp3) is 0.400. The molecule has 0 fully saturated rings. The van der Waals surface area contributed by atoms with E-state index in [-0.39, 0.29) is 5.41 Å². The maximum absolute atomic E-state index is 11.2. The number of hydrogen-bond acceptors (Lipinski definition) is 4. The predicted octanol–water partition coefficient (Wildman–Crippen LogP) is 5.48. The molecule has 0 aliphatic heterocycles. The van der Waals surface area contributed by atoms with Crippen LogP contribution < -0.4 is 0 Å². The molecule has 0 aliphatic rings. The molecule has 0 spiro atoms. The summed E-state index contributed by atoms with van der Waals surface area (Å²) in [7, 11) is 0. The zero-order valence-corrected chi connectivity index (χ0v) is 15.2.